The van der Waals surface area contributed by atoms with Crippen molar-refractivity contribution in [2.24, 2.45) is 35.1 Å². The number of benzene rings is 1. The molecule has 1 aliphatic rings. The second-order valence-electron chi connectivity index (χ2n) is 16.9. The Morgan fingerprint density at radius 1 is 0.883 bits per heavy atom. The fourth-order valence-electron chi connectivity index (χ4n) is 7.50. The summed E-state index contributed by atoms with van der Waals surface area (Å²) in [5.74, 6) is -1.80. The monoisotopic (exact) mass is 846 g/mol. The van der Waals surface area contributed by atoms with Gasteiger partial charge < -0.3 is 51.8 Å². The quantitative estimate of drug-likeness (QED) is 0.0579. The van der Waals surface area contributed by atoms with Gasteiger partial charge in [-0.1, -0.05) is 110 Å². The lowest BCUT2D eigenvalue weighted by Gasteiger charge is -2.36. The van der Waals surface area contributed by atoms with Crippen LogP contribution in [-0.4, -0.2) is 112 Å². The number of hydrogen-bond acceptors (Lipinski definition) is 10. The summed E-state index contributed by atoms with van der Waals surface area (Å²) >= 11 is 0. The molecule has 1 unspecified atom stereocenters. The van der Waals surface area contributed by atoms with Gasteiger partial charge in [-0.25, -0.2) is 4.79 Å². The van der Waals surface area contributed by atoms with Crippen LogP contribution in [0.2, 0.25) is 0 Å². The molecular formula is C45H79N7O8. The van der Waals surface area contributed by atoms with Gasteiger partial charge in [0.25, 0.3) is 0 Å². The molecule has 1 aromatic rings. The van der Waals surface area contributed by atoms with E-state index in [2.05, 4.69) is 28.2 Å². The van der Waals surface area contributed by atoms with Gasteiger partial charge in [-0.2, -0.15) is 0 Å². The minimum Gasteiger partial charge on any atom is -0.445 e. The van der Waals surface area contributed by atoms with Crippen LogP contribution in [0.4, 0.5) is 4.79 Å². The first-order chi connectivity index (χ1) is 28.8. The summed E-state index contributed by atoms with van der Waals surface area (Å²) in [5.41, 5.74) is 12.1. The fourth-order valence-corrected chi connectivity index (χ4v) is 7.50. The van der Waals surface area contributed by atoms with Crippen molar-refractivity contribution in [2.45, 2.75) is 143 Å². The molecule has 2 rings (SSSR count). The summed E-state index contributed by atoms with van der Waals surface area (Å²) < 4.78 is 17.2. The fraction of sp³-hybridized carbons (Fsp3) is 0.756. The zero-order valence-electron chi connectivity index (χ0n) is 37.5. The Hall–Kier alpha value is -3.79. The summed E-state index contributed by atoms with van der Waals surface area (Å²) in [6.07, 6.45) is 9.88. The van der Waals surface area contributed by atoms with E-state index in [0.717, 1.165) is 69.8 Å². The largest absolute Gasteiger partial charge is 0.445 e. The average Bonchev–Trinajstić information content (AvgIpc) is 3.24. The average molecular weight is 846 g/mol. The molecule has 1 aromatic carbocycles. The van der Waals surface area contributed by atoms with E-state index in [0.29, 0.717) is 39.1 Å². The molecule has 0 saturated heterocycles. The van der Waals surface area contributed by atoms with Crippen molar-refractivity contribution < 1.29 is 38.2 Å². The number of alkyl carbamates (subject to hydrolysis) is 1. The molecule has 1 aliphatic carbocycles. The number of nitrogens with zero attached hydrogens (tertiary/aromatic N) is 1. The van der Waals surface area contributed by atoms with Crippen LogP contribution in [-0.2, 0) is 40.0 Å². The first kappa shape index (κ1) is 52.3. The van der Waals surface area contributed by atoms with Crippen molar-refractivity contribution in [1.29, 1.82) is 0 Å². The molecule has 15 heteroatoms. The predicted octanol–water partition coefficient (Wildman–Crippen LogP) is 4.40. The molecule has 8 N–H and O–H groups in total. The van der Waals surface area contributed by atoms with E-state index in [1.807, 2.05) is 58.0 Å². The van der Waals surface area contributed by atoms with Crippen molar-refractivity contribution in [3.05, 3.63) is 35.9 Å². The van der Waals surface area contributed by atoms with E-state index in [1.54, 1.807) is 11.9 Å². The molecule has 0 heterocycles. The summed E-state index contributed by atoms with van der Waals surface area (Å²) in [4.78, 5) is 67.8. The summed E-state index contributed by atoms with van der Waals surface area (Å²) in [7, 11) is 1.69. The molecule has 6 atom stereocenters. The second-order valence-corrected chi connectivity index (χ2v) is 16.9. The van der Waals surface area contributed by atoms with Crippen LogP contribution >= 0.6 is 0 Å². The number of primary amides is 1. The number of likely N-dealkylation sites (N-methyl/N-ethyl adjacent to an activating group) is 1. The van der Waals surface area contributed by atoms with Crippen molar-refractivity contribution in [2.75, 3.05) is 53.0 Å². The first-order valence-corrected chi connectivity index (χ1v) is 22.5. The Morgan fingerprint density at radius 3 is 2.25 bits per heavy atom. The van der Waals surface area contributed by atoms with Gasteiger partial charge in [0.15, 0.2) is 0 Å². The highest BCUT2D eigenvalue weighted by Gasteiger charge is 2.36. The maximum Gasteiger partial charge on any atom is 0.407 e. The molecule has 60 heavy (non-hydrogen) atoms. The number of nitrogens with two attached hydrogens (primary N) is 2. The Bertz CT molecular complexity index is 1380. The van der Waals surface area contributed by atoms with Crippen LogP contribution < -0.4 is 32.7 Å². The van der Waals surface area contributed by atoms with E-state index in [4.69, 9.17) is 25.7 Å². The number of carbonyl (C=O) groups is 5. The highest BCUT2D eigenvalue weighted by atomic mass is 16.5. The van der Waals surface area contributed by atoms with Crippen LogP contribution in [0.5, 0.6) is 0 Å². The third kappa shape index (κ3) is 20.7. The lowest BCUT2D eigenvalue weighted by atomic mass is 9.83. The normalized spacial score (nSPS) is 16.2. The van der Waals surface area contributed by atoms with Gasteiger partial charge in [0.2, 0.25) is 23.6 Å². The van der Waals surface area contributed by atoms with Gasteiger partial charge in [-0.15, -0.1) is 0 Å². The molecule has 0 radical (unpaired) electrons. The zero-order chi connectivity index (χ0) is 44.3. The molecule has 0 aromatic heterocycles. The summed E-state index contributed by atoms with van der Waals surface area (Å²) in [5, 5.41) is 12.0. The molecule has 0 aliphatic heterocycles. The van der Waals surface area contributed by atoms with E-state index in [1.165, 1.54) is 0 Å². The third-order valence-electron chi connectivity index (χ3n) is 11.3. The van der Waals surface area contributed by atoms with Gasteiger partial charge >= 0.3 is 6.09 Å². The molecule has 1 fully saturated rings. The standard InChI is InChI=1S/C45H79N7O8/c1-7-8-9-16-22-40(59-26-24-48-42(54)33(4)30-58-25-17-23-46)34(5)44(56)52(6)39(27-32(2)3)43(55)51-37(36-20-14-11-15-21-36)28-49-38(41(47)53)29-50-45(57)60-31-35-18-12-10-13-19-35/h10,12-13,18-19,32-34,36-40,49H,7-9,11,14-17,20-31,46H2,1-6H3,(H2,47,53)(H,48,54)(H,50,57)(H,51,55)/t33-,34+,37+,38?,39-,40+/m0/s1. The minimum atomic E-state index is -0.903. The van der Waals surface area contributed by atoms with Gasteiger partial charge in [-0.3, -0.25) is 19.2 Å². The molecule has 5 amide bonds. The third-order valence-corrected chi connectivity index (χ3v) is 11.3. The second kappa shape index (κ2) is 30.3. The Morgan fingerprint density at radius 2 is 1.60 bits per heavy atom. The highest BCUT2D eigenvalue weighted by Crippen LogP contribution is 2.27. The van der Waals surface area contributed by atoms with Gasteiger partial charge in [0.1, 0.15) is 18.7 Å². The topological polar surface area (TPSA) is 216 Å². The van der Waals surface area contributed by atoms with E-state index >= 15 is 0 Å². The van der Waals surface area contributed by atoms with Crippen molar-refractivity contribution >= 4 is 29.7 Å². The Kier molecular flexibility index (Phi) is 26.4. The lowest BCUT2D eigenvalue weighted by Crippen LogP contribution is -2.58. The Labute approximate surface area is 359 Å². The van der Waals surface area contributed by atoms with Crippen LogP contribution in [0.15, 0.2) is 30.3 Å². The molecule has 1 saturated carbocycles. The molecular weight excluding hydrogens is 767 g/mol. The Balaban J connectivity index is 2.12. The van der Waals surface area contributed by atoms with Crippen LogP contribution in [0.1, 0.15) is 117 Å². The molecule has 0 spiro atoms. The number of nitrogens with one attached hydrogen (secondary N) is 4. The molecule has 0 bridgehead atoms. The number of rotatable bonds is 31. The summed E-state index contributed by atoms with van der Waals surface area (Å²) in [6.45, 7) is 12.0. The SMILES string of the molecule is CCCCCC[C@@H](OCCNC(=O)[C@@H](C)COCCCN)[C@@H](C)C(=O)N(C)[C@@H](CC(C)C)C(=O)N[C@H](CNC(CNC(=O)OCc1ccccc1)C(N)=O)C1CCCCC1. The highest BCUT2D eigenvalue weighted by molar-refractivity contribution is 5.88. The van der Waals surface area contributed by atoms with Crippen LogP contribution in [0, 0.1) is 23.7 Å². The first-order valence-electron chi connectivity index (χ1n) is 22.5. The van der Waals surface area contributed by atoms with Crippen molar-refractivity contribution in [3.8, 4) is 0 Å². The number of hydrogen-bond donors (Lipinski definition) is 6. The van der Waals surface area contributed by atoms with Gasteiger partial charge in [-0.05, 0) is 56.0 Å². The van der Waals surface area contributed by atoms with Crippen LogP contribution in [0.25, 0.3) is 0 Å². The smallest absolute Gasteiger partial charge is 0.407 e. The molecule has 15 nitrogen and oxygen atoms in total. The number of unbranched alkanes of at least 4 members (excludes halogenated alkanes) is 3. The van der Waals surface area contributed by atoms with Gasteiger partial charge in [0.05, 0.1) is 31.2 Å². The zero-order valence-corrected chi connectivity index (χ0v) is 37.5. The minimum absolute atomic E-state index is 0.0862. The van der Waals surface area contributed by atoms with Gasteiger partial charge in [0, 0.05) is 39.3 Å². The van der Waals surface area contributed by atoms with E-state index < -0.39 is 36.1 Å². The summed E-state index contributed by atoms with van der Waals surface area (Å²) in [6, 6.07) is 7.29. The number of ether oxygens (including phenoxy) is 3. The maximum absolute atomic E-state index is 14.3. The lowest BCUT2D eigenvalue weighted by molar-refractivity contribution is -0.147. The maximum atomic E-state index is 14.3. The molecule has 342 valence electrons. The predicted molar refractivity (Wildman–Crippen MR) is 234 cm³/mol. The van der Waals surface area contributed by atoms with Crippen molar-refractivity contribution in [1.82, 2.24) is 26.2 Å². The number of carbonyl (C=O) groups excluding carboxylic acids is 5. The van der Waals surface area contributed by atoms with E-state index in [-0.39, 0.29) is 67.8 Å². The van der Waals surface area contributed by atoms with Crippen molar-refractivity contribution in [3.63, 3.8) is 0 Å². The van der Waals surface area contributed by atoms with Crippen LogP contribution in [0.3, 0.4) is 0 Å². The van der Waals surface area contributed by atoms with E-state index in [9.17, 15) is 24.0 Å². The number of amides is 5.